The largest absolute Gasteiger partial charge is 0.479 e. The van der Waals surface area contributed by atoms with Gasteiger partial charge in [0.25, 0.3) is 0 Å². The molecule has 0 N–H and O–H groups in total. The van der Waals surface area contributed by atoms with Crippen LogP contribution in [0.25, 0.3) is 10.8 Å². The van der Waals surface area contributed by atoms with Gasteiger partial charge in [0, 0.05) is 7.11 Å². The van der Waals surface area contributed by atoms with Crippen LogP contribution in [0.2, 0.25) is 5.02 Å². The van der Waals surface area contributed by atoms with Gasteiger partial charge in [-0.2, -0.15) is 13.2 Å². The Morgan fingerprint density at radius 3 is 2.31 bits per heavy atom. The molecule has 1 unspecified atom stereocenters. The summed E-state index contributed by atoms with van der Waals surface area (Å²) in [6, 6.07) is 13.3. The Balaban J connectivity index is 1.75. The third-order valence-electron chi connectivity index (χ3n) is 4.45. The number of fused-ring (bicyclic) bond motifs is 1. The number of carbonyl (C=O) groups excluding carboxylic acids is 1. The summed E-state index contributed by atoms with van der Waals surface area (Å²) in [7, 11) is 1.51. The molecule has 0 radical (unpaired) electrons. The molecule has 3 aromatic rings. The average Bonchev–Trinajstić information content (AvgIpc) is 2.74. The first-order valence-corrected chi connectivity index (χ1v) is 9.96. The highest BCUT2D eigenvalue weighted by atomic mass is 35.5. The van der Waals surface area contributed by atoms with E-state index in [1.165, 1.54) is 13.2 Å². The number of alkyl halides is 3. The molecular formula is C23H20ClF3O5. The molecule has 0 aromatic heterocycles. The number of hydrogen-bond donors (Lipinski definition) is 0. The van der Waals surface area contributed by atoms with E-state index < -0.39 is 23.8 Å². The van der Waals surface area contributed by atoms with Crippen molar-refractivity contribution in [2.24, 2.45) is 0 Å². The molecule has 0 saturated heterocycles. The zero-order chi connectivity index (χ0) is 23.3. The maximum absolute atomic E-state index is 12.8. The summed E-state index contributed by atoms with van der Waals surface area (Å²) in [6.07, 6.45) is -5.32. The summed E-state index contributed by atoms with van der Waals surface area (Å²) in [5, 5.41) is 1.46. The van der Waals surface area contributed by atoms with E-state index in [0.29, 0.717) is 18.1 Å². The summed E-state index contributed by atoms with van der Waals surface area (Å²) in [6.45, 7) is 2.00. The first-order valence-electron chi connectivity index (χ1n) is 9.58. The number of methoxy groups -OCH3 is 1. The molecular weight excluding hydrogens is 449 g/mol. The van der Waals surface area contributed by atoms with Gasteiger partial charge in [0.15, 0.2) is 6.10 Å². The summed E-state index contributed by atoms with van der Waals surface area (Å²) >= 11 is 5.96. The number of carbonyl (C=O) groups is 1. The molecule has 0 aliphatic heterocycles. The molecule has 3 rings (SSSR count). The van der Waals surface area contributed by atoms with Crippen molar-refractivity contribution in [1.29, 1.82) is 0 Å². The highest BCUT2D eigenvalue weighted by molar-refractivity contribution is 6.32. The van der Waals surface area contributed by atoms with Gasteiger partial charge in [0.1, 0.15) is 23.9 Å². The predicted molar refractivity (Wildman–Crippen MR) is 113 cm³/mol. The van der Waals surface area contributed by atoms with Crippen LogP contribution in [-0.2, 0) is 20.4 Å². The lowest BCUT2D eigenvalue weighted by Crippen LogP contribution is -2.27. The van der Waals surface area contributed by atoms with Gasteiger partial charge in [-0.05, 0) is 60.2 Å². The van der Waals surface area contributed by atoms with Crippen molar-refractivity contribution in [3.8, 4) is 17.2 Å². The first-order chi connectivity index (χ1) is 15.2. The molecule has 0 fully saturated rings. The molecule has 0 aliphatic carbocycles. The third kappa shape index (κ3) is 6.05. The van der Waals surface area contributed by atoms with Crippen LogP contribution in [-0.4, -0.2) is 32.4 Å². The van der Waals surface area contributed by atoms with E-state index >= 15 is 0 Å². The van der Waals surface area contributed by atoms with Crippen LogP contribution in [0.15, 0.2) is 54.6 Å². The predicted octanol–water partition coefficient (Wildman–Crippen LogP) is 6.26. The molecule has 3 aromatic carbocycles. The molecule has 170 valence electrons. The topological polar surface area (TPSA) is 54.0 Å². The maximum Gasteiger partial charge on any atom is 0.416 e. The minimum atomic E-state index is -4.49. The summed E-state index contributed by atoms with van der Waals surface area (Å²) in [5.41, 5.74) is -0.856. The highest BCUT2D eigenvalue weighted by Crippen LogP contribution is 2.37. The minimum Gasteiger partial charge on any atom is -0.479 e. The molecule has 0 bridgehead atoms. The van der Waals surface area contributed by atoms with Gasteiger partial charge in [-0.25, -0.2) is 4.79 Å². The van der Waals surface area contributed by atoms with Gasteiger partial charge < -0.3 is 18.9 Å². The van der Waals surface area contributed by atoms with E-state index in [4.69, 9.17) is 30.5 Å². The minimum absolute atomic E-state index is 0.0962. The van der Waals surface area contributed by atoms with E-state index in [0.717, 1.165) is 22.9 Å². The quantitative estimate of drug-likeness (QED) is 0.288. The average molecular weight is 469 g/mol. The standard InChI is InChI=1S/C23H20ClF3O5/c1-14(22(28)30-10-9-29-2)31-18-6-3-15-4-7-19(12-16(15)11-18)32-21-8-5-17(13-20(21)24)23(25,26)27/h3-8,11-14H,9-10H2,1-2H3. The number of benzene rings is 3. The molecule has 1 atom stereocenters. The highest BCUT2D eigenvalue weighted by Gasteiger charge is 2.31. The van der Waals surface area contributed by atoms with E-state index in [9.17, 15) is 18.0 Å². The first kappa shape index (κ1) is 23.7. The second kappa shape index (κ2) is 10.1. The van der Waals surface area contributed by atoms with E-state index in [2.05, 4.69) is 0 Å². The molecule has 5 nitrogen and oxygen atoms in total. The van der Waals surface area contributed by atoms with Crippen LogP contribution >= 0.6 is 11.6 Å². The molecule has 9 heteroatoms. The van der Waals surface area contributed by atoms with Gasteiger partial charge in [-0.1, -0.05) is 23.7 Å². The second-order valence-electron chi connectivity index (χ2n) is 6.84. The summed E-state index contributed by atoms with van der Waals surface area (Å²) < 4.78 is 59.6. The zero-order valence-electron chi connectivity index (χ0n) is 17.2. The smallest absolute Gasteiger partial charge is 0.416 e. The summed E-state index contributed by atoms with van der Waals surface area (Å²) in [5.74, 6) is 0.400. The lowest BCUT2D eigenvalue weighted by molar-refractivity contribution is -0.152. The van der Waals surface area contributed by atoms with Crippen LogP contribution < -0.4 is 9.47 Å². The Labute approximate surface area is 187 Å². The number of esters is 1. The zero-order valence-corrected chi connectivity index (χ0v) is 18.0. The Kier molecular flexibility index (Phi) is 7.48. The van der Waals surface area contributed by atoms with Crippen LogP contribution in [0.5, 0.6) is 17.2 Å². The van der Waals surface area contributed by atoms with E-state index in [1.807, 2.05) is 6.07 Å². The summed E-state index contributed by atoms with van der Waals surface area (Å²) in [4.78, 5) is 12.0. The van der Waals surface area contributed by atoms with Crippen LogP contribution in [0, 0.1) is 0 Å². The van der Waals surface area contributed by atoms with Crippen molar-refractivity contribution < 1.29 is 36.9 Å². The number of rotatable bonds is 8. The number of hydrogen-bond acceptors (Lipinski definition) is 5. The third-order valence-corrected chi connectivity index (χ3v) is 4.74. The number of halogens is 4. The molecule has 0 amide bonds. The van der Waals surface area contributed by atoms with Crippen molar-refractivity contribution >= 4 is 28.3 Å². The lowest BCUT2D eigenvalue weighted by Gasteiger charge is -2.15. The van der Waals surface area contributed by atoms with Gasteiger partial charge in [-0.3, -0.25) is 0 Å². The van der Waals surface area contributed by atoms with Crippen molar-refractivity contribution in [2.75, 3.05) is 20.3 Å². The van der Waals surface area contributed by atoms with Gasteiger partial charge >= 0.3 is 12.1 Å². The SMILES string of the molecule is COCCOC(=O)C(C)Oc1ccc2ccc(Oc3ccc(C(F)(F)F)cc3Cl)cc2c1. The van der Waals surface area contributed by atoms with Crippen LogP contribution in [0.1, 0.15) is 12.5 Å². The number of ether oxygens (including phenoxy) is 4. The van der Waals surface area contributed by atoms with Crippen molar-refractivity contribution in [3.05, 3.63) is 65.2 Å². The van der Waals surface area contributed by atoms with Crippen molar-refractivity contribution in [2.45, 2.75) is 19.2 Å². The van der Waals surface area contributed by atoms with E-state index in [-0.39, 0.29) is 17.4 Å². The van der Waals surface area contributed by atoms with Crippen molar-refractivity contribution in [3.63, 3.8) is 0 Å². The molecule has 0 spiro atoms. The lowest BCUT2D eigenvalue weighted by atomic mass is 10.1. The Bertz CT molecular complexity index is 1100. The fourth-order valence-electron chi connectivity index (χ4n) is 2.82. The van der Waals surface area contributed by atoms with Gasteiger partial charge in [0.2, 0.25) is 0 Å². The molecule has 32 heavy (non-hydrogen) atoms. The van der Waals surface area contributed by atoms with Crippen molar-refractivity contribution in [1.82, 2.24) is 0 Å². The Morgan fingerprint density at radius 2 is 1.66 bits per heavy atom. The van der Waals surface area contributed by atoms with Crippen LogP contribution in [0.3, 0.4) is 0 Å². The van der Waals surface area contributed by atoms with E-state index in [1.54, 1.807) is 37.3 Å². The Morgan fingerprint density at radius 1 is 0.969 bits per heavy atom. The van der Waals surface area contributed by atoms with Gasteiger partial charge in [0.05, 0.1) is 17.2 Å². The fraction of sp³-hybridized carbons (Fsp3) is 0.261. The second-order valence-corrected chi connectivity index (χ2v) is 7.24. The van der Waals surface area contributed by atoms with Gasteiger partial charge in [-0.15, -0.1) is 0 Å². The normalized spacial score (nSPS) is 12.4. The maximum atomic E-state index is 12.8. The molecule has 0 aliphatic rings. The van der Waals surface area contributed by atoms with Crippen LogP contribution in [0.4, 0.5) is 13.2 Å². The fourth-order valence-corrected chi connectivity index (χ4v) is 3.04. The molecule has 0 heterocycles. The monoisotopic (exact) mass is 468 g/mol. The molecule has 0 saturated carbocycles. The Hall–Kier alpha value is -2.97.